The second-order valence-electron chi connectivity index (χ2n) is 7.14. The molecular weight excluding hydrogens is 296 g/mol. The number of rotatable bonds is 4. The smallest absolute Gasteiger partial charge is 0.248 e. The molecule has 2 rings (SSSR count). The van der Waals surface area contributed by atoms with Gasteiger partial charge in [0.1, 0.15) is 0 Å². The molecule has 3 heteroatoms. The lowest BCUT2D eigenvalue weighted by Crippen LogP contribution is -2.10. The van der Waals surface area contributed by atoms with Crippen molar-refractivity contribution in [2.75, 3.05) is 24.3 Å². The van der Waals surface area contributed by atoms with Crippen molar-refractivity contribution in [1.29, 1.82) is 0 Å². The molecule has 0 spiro atoms. The van der Waals surface area contributed by atoms with Crippen LogP contribution in [0.25, 0.3) is 6.08 Å². The van der Waals surface area contributed by atoms with Crippen LogP contribution in [0.1, 0.15) is 31.9 Å². The van der Waals surface area contributed by atoms with Crippen molar-refractivity contribution in [2.24, 2.45) is 0 Å². The molecule has 0 aliphatic rings. The minimum absolute atomic E-state index is 0.132. The number of carbonyl (C=O) groups is 1. The summed E-state index contributed by atoms with van der Waals surface area (Å²) >= 11 is 0. The third kappa shape index (κ3) is 4.98. The fourth-order valence-electron chi connectivity index (χ4n) is 2.29. The molecule has 0 saturated heterocycles. The first-order valence-corrected chi connectivity index (χ1v) is 8.13. The van der Waals surface area contributed by atoms with Gasteiger partial charge in [0.05, 0.1) is 0 Å². The number of hydrogen-bond acceptors (Lipinski definition) is 2. The SMILES string of the molecule is CN(C)c1ccc(NC(=O)C=Cc2ccc(C(C)(C)C)cc2)cc1. The second-order valence-corrected chi connectivity index (χ2v) is 7.14. The Hall–Kier alpha value is -2.55. The number of anilines is 2. The van der Waals surface area contributed by atoms with Crippen molar-refractivity contribution in [3.8, 4) is 0 Å². The van der Waals surface area contributed by atoms with Crippen molar-refractivity contribution in [1.82, 2.24) is 0 Å². The van der Waals surface area contributed by atoms with Crippen LogP contribution in [0, 0.1) is 0 Å². The van der Waals surface area contributed by atoms with Gasteiger partial charge in [-0.05, 0) is 46.9 Å². The molecule has 0 bridgehead atoms. The zero-order valence-electron chi connectivity index (χ0n) is 15.1. The van der Waals surface area contributed by atoms with Crippen LogP contribution in [-0.4, -0.2) is 20.0 Å². The maximum Gasteiger partial charge on any atom is 0.248 e. The molecule has 126 valence electrons. The Bertz CT molecular complexity index is 705. The van der Waals surface area contributed by atoms with Gasteiger partial charge >= 0.3 is 0 Å². The van der Waals surface area contributed by atoms with E-state index in [0.29, 0.717) is 0 Å². The largest absolute Gasteiger partial charge is 0.378 e. The molecule has 2 aromatic rings. The van der Waals surface area contributed by atoms with Crippen LogP contribution in [0.3, 0.4) is 0 Å². The first-order valence-electron chi connectivity index (χ1n) is 8.13. The number of amides is 1. The first kappa shape index (κ1) is 17.8. The molecule has 1 N–H and O–H groups in total. The minimum atomic E-state index is -0.132. The highest BCUT2D eigenvalue weighted by atomic mass is 16.1. The topological polar surface area (TPSA) is 32.3 Å². The van der Waals surface area contributed by atoms with Crippen LogP contribution < -0.4 is 10.2 Å². The lowest BCUT2D eigenvalue weighted by molar-refractivity contribution is -0.111. The predicted octanol–water partition coefficient (Wildman–Crippen LogP) is 4.70. The summed E-state index contributed by atoms with van der Waals surface area (Å²) in [5.41, 5.74) is 4.32. The Labute approximate surface area is 145 Å². The van der Waals surface area contributed by atoms with Crippen LogP contribution in [0.5, 0.6) is 0 Å². The Morgan fingerprint density at radius 3 is 2.04 bits per heavy atom. The molecule has 0 heterocycles. The fraction of sp³-hybridized carbons (Fsp3) is 0.286. The van der Waals surface area contributed by atoms with Gasteiger partial charge in [-0.15, -0.1) is 0 Å². The van der Waals surface area contributed by atoms with Crippen LogP contribution >= 0.6 is 0 Å². The first-order chi connectivity index (χ1) is 11.3. The van der Waals surface area contributed by atoms with Crippen molar-refractivity contribution in [3.05, 3.63) is 65.7 Å². The van der Waals surface area contributed by atoms with Gasteiger partial charge in [0.15, 0.2) is 0 Å². The molecule has 0 radical (unpaired) electrons. The number of benzene rings is 2. The Morgan fingerprint density at radius 1 is 0.958 bits per heavy atom. The van der Waals surface area contributed by atoms with Gasteiger partial charge in [0.2, 0.25) is 5.91 Å². The normalized spacial score (nSPS) is 11.5. The number of hydrogen-bond donors (Lipinski definition) is 1. The highest BCUT2D eigenvalue weighted by Crippen LogP contribution is 2.22. The fourth-order valence-corrected chi connectivity index (χ4v) is 2.29. The maximum absolute atomic E-state index is 12.0. The second kappa shape index (κ2) is 7.35. The summed E-state index contributed by atoms with van der Waals surface area (Å²) in [4.78, 5) is 14.0. The summed E-state index contributed by atoms with van der Waals surface area (Å²) in [6, 6.07) is 16.1. The number of nitrogens with zero attached hydrogens (tertiary/aromatic N) is 1. The van der Waals surface area contributed by atoms with Crippen molar-refractivity contribution in [2.45, 2.75) is 26.2 Å². The van der Waals surface area contributed by atoms with E-state index in [0.717, 1.165) is 16.9 Å². The molecule has 24 heavy (non-hydrogen) atoms. The van der Waals surface area contributed by atoms with Crippen molar-refractivity contribution in [3.63, 3.8) is 0 Å². The predicted molar refractivity (Wildman–Crippen MR) is 104 cm³/mol. The minimum Gasteiger partial charge on any atom is -0.378 e. The van der Waals surface area contributed by atoms with E-state index in [4.69, 9.17) is 0 Å². The van der Waals surface area contributed by atoms with Crippen LogP contribution in [0.2, 0.25) is 0 Å². The average molecular weight is 322 g/mol. The molecule has 0 fully saturated rings. The lowest BCUT2D eigenvalue weighted by Gasteiger charge is -2.18. The lowest BCUT2D eigenvalue weighted by atomic mass is 9.87. The quantitative estimate of drug-likeness (QED) is 0.827. The summed E-state index contributed by atoms with van der Waals surface area (Å²) in [6.45, 7) is 6.56. The van der Waals surface area contributed by atoms with E-state index in [9.17, 15) is 4.79 Å². The van der Waals surface area contributed by atoms with Gasteiger partial charge in [-0.1, -0.05) is 45.0 Å². The molecule has 0 atom stereocenters. The molecule has 2 aromatic carbocycles. The highest BCUT2D eigenvalue weighted by Gasteiger charge is 2.12. The van der Waals surface area contributed by atoms with Crippen LogP contribution in [0.4, 0.5) is 11.4 Å². The standard InChI is InChI=1S/C21H26N2O/c1-21(2,3)17-9-6-16(7-10-17)8-15-20(24)22-18-11-13-19(14-12-18)23(4)5/h6-15H,1-5H3,(H,22,24). The average Bonchev–Trinajstić information content (AvgIpc) is 2.53. The van der Waals surface area contributed by atoms with E-state index < -0.39 is 0 Å². The monoisotopic (exact) mass is 322 g/mol. The zero-order chi connectivity index (χ0) is 17.7. The summed E-state index contributed by atoms with van der Waals surface area (Å²) in [5, 5.41) is 2.87. The molecular formula is C21H26N2O. The van der Waals surface area contributed by atoms with E-state index >= 15 is 0 Å². The van der Waals surface area contributed by atoms with Gasteiger partial charge in [-0.2, -0.15) is 0 Å². The van der Waals surface area contributed by atoms with E-state index in [2.05, 4.69) is 38.2 Å². The van der Waals surface area contributed by atoms with Gasteiger partial charge in [0.25, 0.3) is 0 Å². The van der Waals surface area contributed by atoms with E-state index in [1.807, 2.05) is 61.5 Å². The van der Waals surface area contributed by atoms with E-state index in [1.165, 1.54) is 5.56 Å². The zero-order valence-corrected chi connectivity index (χ0v) is 15.1. The van der Waals surface area contributed by atoms with Gasteiger partial charge in [0, 0.05) is 31.5 Å². The summed E-state index contributed by atoms with van der Waals surface area (Å²) in [5.74, 6) is -0.132. The Kier molecular flexibility index (Phi) is 5.45. The van der Waals surface area contributed by atoms with E-state index in [-0.39, 0.29) is 11.3 Å². The molecule has 3 nitrogen and oxygen atoms in total. The summed E-state index contributed by atoms with van der Waals surface area (Å²) in [7, 11) is 3.97. The Morgan fingerprint density at radius 2 is 1.54 bits per heavy atom. The number of nitrogens with one attached hydrogen (secondary N) is 1. The summed E-state index contributed by atoms with van der Waals surface area (Å²) in [6.07, 6.45) is 3.39. The van der Waals surface area contributed by atoms with Crippen molar-refractivity contribution < 1.29 is 4.79 Å². The summed E-state index contributed by atoms with van der Waals surface area (Å²) < 4.78 is 0. The van der Waals surface area contributed by atoms with Crippen LogP contribution in [0.15, 0.2) is 54.6 Å². The molecule has 0 aliphatic heterocycles. The third-order valence-electron chi connectivity index (χ3n) is 3.86. The van der Waals surface area contributed by atoms with E-state index in [1.54, 1.807) is 6.08 Å². The third-order valence-corrected chi connectivity index (χ3v) is 3.86. The molecule has 1 amide bonds. The molecule has 0 unspecified atom stereocenters. The number of carbonyl (C=O) groups excluding carboxylic acids is 1. The molecule has 0 aromatic heterocycles. The van der Waals surface area contributed by atoms with Gasteiger partial charge in [-0.3, -0.25) is 4.79 Å². The van der Waals surface area contributed by atoms with Crippen molar-refractivity contribution >= 4 is 23.4 Å². The Balaban J connectivity index is 1.97. The van der Waals surface area contributed by atoms with Gasteiger partial charge in [-0.25, -0.2) is 0 Å². The maximum atomic E-state index is 12.0. The highest BCUT2D eigenvalue weighted by molar-refractivity contribution is 6.02. The van der Waals surface area contributed by atoms with Gasteiger partial charge < -0.3 is 10.2 Å². The van der Waals surface area contributed by atoms with Crippen LogP contribution in [-0.2, 0) is 10.2 Å². The molecule has 0 aliphatic carbocycles. The molecule has 0 saturated carbocycles.